The van der Waals surface area contributed by atoms with Crippen LogP contribution in [0.3, 0.4) is 0 Å². The Bertz CT molecular complexity index is 646. The fourth-order valence-corrected chi connectivity index (χ4v) is 2.53. The van der Waals surface area contributed by atoms with E-state index in [4.69, 9.17) is 27.9 Å². The van der Waals surface area contributed by atoms with Gasteiger partial charge in [0, 0.05) is 23.7 Å². The van der Waals surface area contributed by atoms with E-state index in [1.54, 1.807) is 18.2 Å². The van der Waals surface area contributed by atoms with Gasteiger partial charge in [0.05, 0.1) is 17.2 Å². The highest BCUT2D eigenvalue weighted by Gasteiger charge is 2.11. The number of ether oxygens (including phenoxy) is 1. The Morgan fingerprint density at radius 2 is 1.90 bits per heavy atom. The Balaban J connectivity index is 2.38. The standard InChI is InChI=1S/C16H16Cl2FNO/c1-3-20-9-11-5-4-10(6-15(11)19)12-7-14(18)16(21-2)8-13(12)17/h4-8,20H,3,9H2,1-2H3. The lowest BCUT2D eigenvalue weighted by molar-refractivity contribution is 0.415. The molecule has 0 aliphatic heterocycles. The van der Waals surface area contributed by atoms with E-state index in [1.807, 2.05) is 13.0 Å². The van der Waals surface area contributed by atoms with Crippen LogP contribution in [0.5, 0.6) is 5.75 Å². The summed E-state index contributed by atoms with van der Waals surface area (Å²) >= 11 is 12.3. The molecule has 2 rings (SSSR count). The quantitative estimate of drug-likeness (QED) is 0.841. The summed E-state index contributed by atoms with van der Waals surface area (Å²) in [4.78, 5) is 0. The van der Waals surface area contributed by atoms with Gasteiger partial charge in [0.1, 0.15) is 11.6 Å². The summed E-state index contributed by atoms with van der Waals surface area (Å²) in [6.07, 6.45) is 0. The maximum Gasteiger partial charge on any atom is 0.138 e. The van der Waals surface area contributed by atoms with Crippen molar-refractivity contribution in [1.82, 2.24) is 5.32 Å². The predicted octanol–water partition coefficient (Wildman–Crippen LogP) is 4.92. The smallest absolute Gasteiger partial charge is 0.138 e. The van der Waals surface area contributed by atoms with Crippen LogP contribution in [0.4, 0.5) is 4.39 Å². The summed E-state index contributed by atoms with van der Waals surface area (Å²) in [5, 5.41) is 4.00. The van der Waals surface area contributed by atoms with Crippen LogP contribution >= 0.6 is 23.2 Å². The molecule has 0 saturated carbocycles. The summed E-state index contributed by atoms with van der Waals surface area (Å²) in [5.41, 5.74) is 1.98. The highest BCUT2D eigenvalue weighted by molar-refractivity contribution is 6.36. The van der Waals surface area contributed by atoms with Crippen LogP contribution in [-0.2, 0) is 6.54 Å². The van der Waals surface area contributed by atoms with Crippen molar-refractivity contribution in [3.8, 4) is 16.9 Å². The number of rotatable bonds is 5. The van der Waals surface area contributed by atoms with Crippen molar-refractivity contribution in [2.24, 2.45) is 0 Å². The molecule has 0 saturated heterocycles. The van der Waals surface area contributed by atoms with Crippen molar-refractivity contribution in [2.45, 2.75) is 13.5 Å². The molecule has 0 aliphatic carbocycles. The lowest BCUT2D eigenvalue weighted by Gasteiger charge is -2.11. The van der Waals surface area contributed by atoms with E-state index in [1.165, 1.54) is 13.2 Å². The highest BCUT2D eigenvalue weighted by atomic mass is 35.5. The second-order valence-corrected chi connectivity index (χ2v) is 5.37. The molecule has 0 heterocycles. The summed E-state index contributed by atoms with van der Waals surface area (Å²) in [6.45, 7) is 3.27. The molecular formula is C16H16Cl2FNO. The van der Waals surface area contributed by atoms with Crippen molar-refractivity contribution >= 4 is 23.2 Å². The molecule has 0 spiro atoms. The lowest BCUT2D eigenvalue weighted by atomic mass is 10.0. The van der Waals surface area contributed by atoms with Crippen LogP contribution in [0, 0.1) is 5.82 Å². The zero-order valence-corrected chi connectivity index (χ0v) is 13.4. The van der Waals surface area contributed by atoms with Crippen molar-refractivity contribution < 1.29 is 9.13 Å². The maximum absolute atomic E-state index is 14.1. The molecule has 2 aromatic rings. The van der Waals surface area contributed by atoms with Crippen LogP contribution in [0.2, 0.25) is 10.0 Å². The van der Waals surface area contributed by atoms with Crippen LogP contribution in [-0.4, -0.2) is 13.7 Å². The SMILES string of the molecule is CCNCc1ccc(-c2cc(Cl)c(OC)cc2Cl)cc1F. The third kappa shape index (κ3) is 3.67. The molecule has 5 heteroatoms. The zero-order chi connectivity index (χ0) is 15.4. The van der Waals surface area contributed by atoms with E-state index in [0.717, 1.165) is 6.54 Å². The van der Waals surface area contributed by atoms with Crippen LogP contribution in [0.25, 0.3) is 11.1 Å². The molecule has 112 valence electrons. The fourth-order valence-electron chi connectivity index (χ4n) is 2.02. The fraction of sp³-hybridized carbons (Fsp3) is 0.250. The van der Waals surface area contributed by atoms with Gasteiger partial charge in [0.25, 0.3) is 0 Å². The first-order valence-electron chi connectivity index (χ1n) is 6.59. The molecule has 21 heavy (non-hydrogen) atoms. The molecule has 0 unspecified atom stereocenters. The van der Waals surface area contributed by atoms with Crippen LogP contribution in [0.15, 0.2) is 30.3 Å². The van der Waals surface area contributed by atoms with Crippen molar-refractivity contribution in [3.63, 3.8) is 0 Å². The van der Waals surface area contributed by atoms with Gasteiger partial charge in [-0.25, -0.2) is 4.39 Å². The molecule has 2 nitrogen and oxygen atoms in total. The van der Waals surface area contributed by atoms with E-state index >= 15 is 0 Å². The molecule has 0 fully saturated rings. The largest absolute Gasteiger partial charge is 0.495 e. The summed E-state index contributed by atoms with van der Waals surface area (Å²) < 4.78 is 19.2. The van der Waals surface area contributed by atoms with Gasteiger partial charge in [-0.3, -0.25) is 0 Å². The molecule has 0 aromatic heterocycles. The predicted molar refractivity (Wildman–Crippen MR) is 85.8 cm³/mol. The molecule has 1 N–H and O–H groups in total. The van der Waals surface area contributed by atoms with Crippen molar-refractivity contribution in [2.75, 3.05) is 13.7 Å². The van der Waals surface area contributed by atoms with E-state index in [0.29, 0.717) is 39.0 Å². The Labute approximate surface area is 133 Å². The van der Waals surface area contributed by atoms with Gasteiger partial charge in [0.15, 0.2) is 0 Å². The Morgan fingerprint density at radius 1 is 1.14 bits per heavy atom. The molecule has 0 aliphatic rings. The van der Waals surface area contributed by atoms with Gasteiger partial charge in [-0.15, -0.1) is 0 Å². The van der Waals surface area contributed by atoms with Gasteiger partial charge >= 0.3 is 0 Å². The first-order valence-corrected chi connectivity index (χ1v) is 7.35. The van der Waals surface area contributed by atoms with E-state index < -0.39 is 0 Å². The third-order valence-electron chi connectivity index (χ3n) is 3.17. The number of benzene rings is 2. The topological polar surface area (TPSA) is 21.3 Å². The summed E-state index contributed by atoms with van der Waals surface area (Å²) in [7, 11) is 1.52. The summed E-state index contributed by atoms with van der Waals surface area (Å²) in [5.74, 6) is 0.228. The van der Waals surface area contributed by atoms with Crippen molar-refractivity contribution in [1.29, 1.82) is 0 Å². The van der Waals surface area contributed by atoms with E-state index in [9.17, 15) is 4.39 Å². The molecule has 0 bridgehead atoms. The second-order valence-electron chi connectivity index (χ2n) is 4.55. The Morgan fingerprint density at radius 3 is 2.52 bits per heavy atom. The lowest BCUT2D eigenvalue weighted by Crippen LogP contribution is -2.12. The van der Waals surface area contributed by atoms with Gasteiger partial charge in [0.2, 0.25) is 0 Å². The normalized spacial score (nSPS) is 10.7. The average Bonchev–Trinajstić information content (AvgIpc) is 2.48. The number of halogens is 3. The van der Waals surface area contributed by atoms with Crippen molar-refractivity contribution in [3.05, 3.63) is 51.8 Å². The van der Waals surface area contributed by atoms with Gasteiger partial charge in [-0.1, -0.05) is 42.3 Å². The van der Waals surface area contributed by atoms with Crippen LogP contribution in [0.1, 0.15) is 12.5 Å². The number of methoxy groups -OCH3 is 1. The number of nitrogens with one attached hydrogen (secondary N) is 1. The van der Waals surface area contributed by atoms with E-state index in [2.05, 4.69) is 5.32 Å². The monoisotopic (exact) mass is 327 g/mol. The molecule has 0 atom stereocenters. The minimum absolute atomic E-state index is 0.267. The minimum Gasteiger partial charge on any atom is -0.495 e. The molecule has 0 amide bonds. The maximum atomic E-state index is 14.1. The number of hydrogen-bond acceptors (Lipinski definition) is 2. The first kappa shape index (κ1) is 16.1. The average molecular weight is 328 g/mol. The Hall–Kier alpha value is -1.29. The zero-order valence-electron chi connectivity index (χ0n) is 11.8. The first-order chi connectivity index (χ1) is 10.1. The molecule has 2 aromatic carbocycles. The van der Waals surface area contributed by atoms with Gasteiger partial charge in [-0.2, -0.15) is 0 Å². The van der Waals surface area contributed by atoms with E-state index in [-0.39, 0.29) is 5.82 Å². The van der Waals surface area contributed by atoms with Gasteiger partial charge in [-0.05, 0) is 24.2 Å². The number of hydrogen-bond donors (Lipinski definition) is 1. The Kier molecular flexibility index (Phi) is 5.45. The third-order valence-corrected chi connectivity index (χ3v) is 3.78. The van der Waals surface area contributed by atoms with Crippen LogP contribution < -0.4 is 10.1 Å². The second kappa shape index (κ2) is 7.12. The summed E-state index contributed by atoms with van der Waals surface area (Å²) in [6, 6.07) is 8.36. The highest BCUT2D eigenvalue weighted by Crippen LogP contribution is 2.37. The molecule has 0 radical (unpaired) electrons. The van der Waals surface area contributed by atoms with Gasteiger partial charge < -0.3 is 10.1 Å². The minimum atomic E-state index is -0.267. The molecular weight excluding hydrogens is 312 g/mol.